The third-order valence-electron chi connectivity index (χ3n) is 5.37. The summed E-state index contributed by atoms with van der Waals surface area (Å²) >= 11 is 1.53. The van der Waals surface area contributed by atoms with E-state index in [2.05, 4.69) is 32.0 Å². The van der Waals surface area contributed by atoms with Crippen molar-refractivity contribution in [2.75, 3.05) is 17.2 Å². The molecule has 0 saturated heterocycles. The monoisotopic (exact) mass is 341 g/mol. The van der Waals surface area contributed by atoms with E-state index in [1.54, 1.807) is 6.33 Å². The topological polar surface area (TPSA) is 78.9 Å². The van der Waals surface area contributed by atoms with Crippen LogP contribution in [0.15, 0.2) is 12.4 Å². The summed E-state index contributed by atoms with van der Waals surface area (Å²) in [4.78, 5) is 22.0. The summed E-state index contributed by atoms with van der Waals surface area (Å²) in [5, 5.41) is 10.9. The molecule has 124 valence electrons. The van der Waals surface area contributed by atoms with E-state index in [9.17, 15) is 4.79 Å². The van der Waals surface area contributed by atoms with Crippen LogP contribution in [0.4, 0.5) is 16.6 Å². The smallest absolute Gasteiger partial charge is 0.262 e. The Morgan fingerprint density at radius 3 is 2.96 bits per heavy atom. The molecular formula is C17H19N5OS. The van der Waals surface area contributed by atoms with Gasteiger partial charge in [-0.1, -0.05) is 19.3 Å². The number of carbonyl (C=O) groups excluding carboxylic acids is 1. The molecule has 6 nitrogen and oxygen atoms in total. The first-order valence-electron chi connectivity index (χ1n) is 8.57. The Kier molecular flexibility index (Phi) is 3.06. The second-order valence-electron chi connectivity index (χ2n) is 6.80. The maximum atomic E-state index is 12.4. The largest absolute Gasteiger partial charge is 0.369 e. The summed E-state index contributed by atoms with van der Waals surface area (Å²) in [5.74, 6) is 1.85. The van der Waals surface area contributed by atoms with Gasteiger partial charge in [0.2, 0.25) is 0 Å². The lowest BCUT2D eigenvalue weighted by Gasteiger charge is -2.33. The van der Waals surface area contributed by atoms with E-state index in [0.717, 1.165) is 52.9 Å². The van der Waals surface area contributed by atoms with Gasteiger partial charge >= 0.3 is 0 Å². The molecule has 0 radical (unpaired) electrons. The average molecular weight is 341 g/mol. The first-order valence-corrected chi connectivity index (χ1v) is 9.38. The highest BCUT2D eigenvalue weighted by atomic mass is 32.1. The van der Waals surface area contributed by atoms with Gasteiger partial charge in [-0.2, -0.15) is 0 Å². The second kappa shape index (κ2) is 5.17. The van der Waals surface area contributed by atoms with Crippen LogP contribution >= 0.6 is 11.3 Å². The maximum absolute atomic E-state index is 12.4. The molecule has 0 bridgehead atoms. The van der Waals surface area contributed by atoms with Crippen molar-refractivity contribution in [1.82, 2.24) is 15.3 Å². The van der Waals surface area contributed by atoms with Crippen LogP contribution in [0, 0.1) is 0 Å². The fraction of sp³-hybridized carbons (Fsp3) is 0.471. The molecule has 24 heavy (non-hydrogen) atoms. The van der Waals surface area contributed by atoms with Gasteiger partial charge in [0.1, 0.15) is 18.0 Å². The van der Waals surface area contributed by atoms with E-state index < -0.39 is 0 Å². The highest BCUT2D eigenvalue weighted by Gasteiger charge is 2.45. The van der Waals surface area contributed by atoms with Crippen LogP contribution in [0.5, 0.6) is 0 Å². The molecule has 0 atom stereocenters. The molecule has 1 spiro atoms. The summed E-state index contributed by atoms with van der Waals surface area (Å²) in [6.07, 6.45) is 8.24. The number of nitrogens with zero attached hydrogens (tertiary/aromatic N) is 2. The van der Waals surface area contributed by atoms with Gasteiger partial charge < -0.3 is 16.0 Å². The van der Waals surface area contributed by atoms with Crippen LogP contribution in [0.2, 0.25) is 0 Å². The number of nitrogens with one attached hydrogen (secondary N) is 3. The molecule has 2 aliphatic heterocycles. The van der Waals surface area contributed by atoms with Crippen molar-refractivity contribution in [2.24, 2.45) is 0 Å². The van der Waals surface area contributed by atoms with Crippen LogP contribution in [-0.2, 0) is 12.0 Å². The highest BCUT2D eigenvalue weighted by Crippen LogP contribution is 2.47. The number of fused-ring (bicyclic) bond motifs is 3. The highest BCUT2D eigenvalue weighted by molar-refractivity contribution is 7.18. The van der Waals surface area contributed by atoms with Gasteiger partial charge in [-0.15, -0.1) is 11.3 Å². The van der Waals surface area contributed by atoms with Crippen LogP contribution in [-0.4, -0.2) is 22.4 Å². The molecule has 2 aromatic heterocycles. The average Bonchev–Trinajstić information content (AvgIpc) is 3.27. The van der Waals surface area contributed by atoms with Crippen molar-refractivity contribution in [1.29, 1.82) is 0 Å². The van der Waals surface area contributed by atoms with Gasteiger partial charge in [-0.05, 0) is 25.3 Å². The van der Waals surface area contributed by atoms with Gasteiger partial charge in [0.15, 0.2) is 0 Å². The standard InChI is InChI=1S/C17H19N5OS/c23-16-13-11(17(22-16)5-2-1-3-6-17)8-12(24-13)21-15-10-4-7-18-14(10)19-9-20-15/h8-9H,1-7H2,(H,22,23)(H2,18,19,20,21). The summed E-state index contributed by atoms with van der Waals surface area (Å²) in [6.45, 7) is 0.898. The lowest BCUT2D eigenvalue weighted by Crippen LogP contribution is -2.40. The molecule has 1 saturated carbocycles. The Morgan fingerprint density at radius 1 is 1.21 bits per heavy atom. The fourth-order valence-corrected chi connectivity index (χ4v) is 5.25. The van der Waals surface area contributed by atoms with Crippen LogP contribution in [0.25, 0.3) is 0 Å². The van der Waals surface area contributed by atoms with Crippen LogP contribution < -0.4 is 16.0 Å². The minimum atomic E-state index is -0.129. The number of hydrogen-bond donors (Lipinski definition) is 3. The number of amides is 1. The number of carbonyl (C=O) groups is 1. The zero-order valence-corrected chi connectivity index (χ0v) is 14.1. The zero-order chi connectivity index (χ0) is 16.1. The zero-order valence-electron chi connectivity index (χ0n) is 13.3. The van der Waals surface area contributed by atoms with Gasteiger partial charge in [-0.3, -0.25) is 4.79 Å². The van der Waals surface area contributed by atoms with E-state index in [0.29, 0.717) is 0 Å². The molecule has 2 aromatic rings. The summed E-state index contributed by atoms with van der Waals surface area (Å²) in [6, 6.07) is 2.15. The second-order valence-corrected chi connectivity index (χ2v) is 7.85. The van der Waals surface area contributed by atoms with Crippen LogP contribution in [0.1, 0.15) is 52.9 Å². The quantitative estimate of drug-likeness (QED) is 0.782. The van der Waals surface area contributed by atoms with Crippen molar-refractivity contribution in [3.05, 3.63) is 28.4 Å². The SMILES string of the molecule is O=C1NC2(CCCCC2)c2cc(Nc3ncnc4c3CCN4)sc21. The third-order valence-corrected chi connectivity index (χ3v) is 6.42. The number of rotatable bonds is 2. The Morgan fingerprint density at radius 2 is 2.08 bits per heavy atom. The Balaban J connectivity index is 1.50. The number of hydrogen-bond acceptors (Lipinski definition) is 6. The minimum absolute atomic E-state index is 0.0829. The molecule has 0 aromatic carbocycles. The van der Waals surface area contributed by atoms with Crippen molar-refractivity contribution in [3.8, 4) is 0 Å². The summed E-state index contributed by atoms with van der Waals surface area (Å²) in [5.41, 5.74) is 2.18. The lowest BCUT2D eigenvalue weighted by atomic mass is 9.78. The van der Waals surface area contributed by atoms with E-state index in [4.69, 9.17) is 0 Å². The molecule has 1 fully saturated rings. The van der Waals surface area contributed by atoms with Gasteiger partial charge in [0, 0.05) is 17.7 Å². The van der Waals surface area contributed by atoms with E-state index in [-0.39, 0.29) is 11.4 Å². The molecule has 5 rings (SSSR count). The summed E-state index contributed by atoms with van der Waals surface area (Å²) in [7, 11) is 0. The number of aromatic nitrogens is 2. The summed E-state index contributed by atoms with van der Waals surface area (Å²) < 4.78 is 0. The first-order chi connectivity index (χ1) is 11.8. The maximum Gasteiger partial charge on any atom is 0.262 e. The van der Waals surface area contributed by atoms with Crippen molar-refractivity contribution >= 4 is 33.9 Å². The van der Waals surface area contributed by atoms with Crippen molar-refractivity contribution in [2.45, 2.75) is 44.1 Å². The van der Waals surface area contributed by atoms with E-state index >= 15 is 0 Å². The molecule has 1 aliphatic carbocycles. The molecular weight excluding hydrogens is 322 g/mol. The molecule has 3 aliphatic rings. The predicted octanol–water partition coefficient (Wildman–Crippen LogP) is 3.15. The molecule has 1 amide bonds. The predicted molar refractivity (Wildman–Crippen MR) is 94.1 cm³/mol. The van der Waals surface area contributed by atoms with E-state index in [1.165, 1.54) is 36.2 Å². The molecule has 3 N–H and O–H groups in total. The molecule has 4 heterocycles. The van der Waals surface area contributed by atoms with Crippen LogP contribution in [0.3, 0.4) is 0 Å². The van der Waals surface area contributed by atoms with Crippen molar-refractivity contribution < 1.29 is 4.79 Å². The third kappa shape index (κ3) is 2.04. The van der Waals surface area contributed by atoms with E-state index in [1.807, 2.05) is 0 Å². The minimum Gasteiger partial charge on any atom is -0.369 e. The fourth-order valence-electron chi connectivity index (χ4n) is 4.20. The Hall–Kier alpha value is -2.15. The normalized spacial score (nSPS) is 20.4. The molecule has 0 unspecified atom stereocenters. The number of anilines is 3. The Bertz CT molecular complexity index is 824. The van der Waals surface area contributed by atoms with Gasteiger partial charge in [0.25, 0.3) is 5.91 Å². The Labute approximate surface area is 144 Å². The molecule has 7 heteroatoms. The lowest BCUT2D eigenvalue weighted by molar-refractivity contribution is 0.0912. The number of thiophene rings is 1. The van der Waals surface area contributed by atoms with Gasteiger partial charge in [0.05, 0.1) is 15.4 Å². The van der Waals surface area contributed by atoms with Crippen molar-refractivity contribution in [3.63, 3.8) is 0 Å². The first kappa shape index (κ1) is 14.2. The van der Waals surface area contributed by atoms with Gasteiger partial charge in [-0.25, -0.2) is 9.97 Å².